The van der Waals surface area contributed by atoms with Gasteiger partial charge in [-0.1, -0.05) is 38.1 Å². The Morgan fingerprint density at radius 2 is 1.88 bits per heavy atom. The van der Waals surface area contributed by atoms with E-state index >= 15 is 0 Å². The lowest BCUT2D eigenvalue weighted by molar-refractivity contribution is -0.119. The highest BCUT2D eigenvalue weighted by atomic mass is 32.1. The average molecular weight is 359 g/mol. The number of oxime groups is 1. The molecule has 1 fully saturated rings. The molecule has 1 saturated heterocycles. The molecule has 1 aromatic carbocycles. The topological polar surface area (TPSA) is 71.9 Å². The second kappa shape index (κ2) is 6.92. The van der Waals surface area contributed by atoms with Crippen LogP contribution in [0.3, 0.4) is 0 Å². The number of thiazole rings is 1. The van der Waals surface area contributed by atoms with Gasteiger partial charge in [0.15, 0.2) is 11.5 Å². The van der Waals surface area contributed by atoms with Gasteiger partial charge in [-0.05, 0) is 25.0 Å². The van der Waals surface area contributed by atoms with Crippen LogP contribution in [0.1, 0.15) is 38.6 Å². The summed E-state index contributed by atoms with van der Waals surface area (Å²) in [6, 6.07) is 7.62. The predicted octanol–water partition coefficient (Wildman–Crippen LogP) is 3.85. The number of carbonyl (C=O) groups excluding carboxylic acids is 2. The Labute approximate surface area is 150 Å². The molecule has 0 radical (unpaired) electrons. The molecular weight excluding hydrogens is 338 g/mol. The second-order valence-electron chi connectivity index (χ2n) is 7.06. The van der Waals surface area contributed by atoms with E-state index in [1.165, 1.54) is 11.3 Å². The van der Waals surface area contributed by atoms with Gasteiger partial charge in [-0.3, -0.25) is 9.63 Å². The summed E-state index contributed by atoms with van der Waals surface area (Å²) in [6.07, 6.45) is 1.41. The Hall–Kier alpha value is -2.28. The van der Waals surface area contributed by atoms with E-state index in [1.807, 2.05) is 24.3 Å². The number of hydrogen-bond donors (Lipinski definition) is 0. The predicted molar refractivity (Wildman–Crippen MR) is 97.9 cm³/mol. The van der Waals surface area contributed by atoms with Crippen molar-refractivity contribution in [1.82, 2.24) is 9.88 Å². The first-order valence-electron chi connectivity index (χ1n) is 8.31. The van der Waals surface area contributed by atoms with E-state index in [0.717, 1.165) is 23.1 Å². The Morgan fingerprint density at radius 1 is 1.20 bits per heavy atom. The molecule has 0 bridgehead atoms. The third-order valence-electron chi connectivity index (χ3n) is 3.97. The molecule has 132 valence electrons. The van der Waals surface area contributed by atoms with Gasteiger partial charge in [0, 0.05) is 18.5 Å². The molecule has 2 aromatic rings. The fraction of sp³-hybridized carbons (Fsp3) is 0.444. The molecular formula is C18H21N3O3S. The summed E-state index contributed by atoms with van der Waals surface area (Å²) < 4.78 is 0.956. The number of fused-ring (bicyclic) bond motifs is 1. The molecule has 2 heterocycles. The molecule has 1 aromatic heterocycles. The van der Waals surface area contributed by atoms with Crippen LogP contribution in [0.25, 0.3) is 10.2 Å². The number of hydrogen-bond acceptors (Lipinski definition) is 6. The number of rotatable bonds is 3. The summed E-state index contributed by atoms with van der Waals surface area (Å²) in [5, 5.41) is 4.39. The maximum atomic E-state index is 12.8. The first-order chi connectivity index (χ1) is 11.9. The summed E-state index contributed by atoms with van der Waals surface area (Å²) in [5.74, 6) is -0.208. The lowest BCUT2D eigenvalue weighted by atomic mass is 9.88. The SMILES string of the molecule is CC(C)(C)C(=O)/C(=N\OC(=O)N1CCCC1)c1nc2ccccc2s1. The van der Waals surface area contributed by atoms with Gasteiger partial charge < -0.3 is 4.90 Å². The van der Waals surface area contributed by atoms with Gasteiger partial charge in [-0.2, -0.15) is 0 Å². The fourth-order valence-electron chi connectivity index (χ4n) is 2.55. The van der Waals surface area contributed by atoms with Crippen LogP contribution in [0.2, 0.25) is 0 Å². The number of para-hydroxylation sites is 1. The van der Waals surface area contributed by atoms with Crippen LogP contribution in [0.4, 0.5) is 4.79 Å². The van der Waals surface area contributed by atoms with Crippen LogP contribution in [-0.2, 0) is 9.63 Å². The van der Waals surface area contributed by atoms with Gasteiger partial charge in [0.05, 0.1) is 10.2 Å². The number of likely N-dealkylation sites (tertiary alicyclic amines) is 1. The third kappa shape index (κ3) is 3.87. The highest BCUT2D eigenvalue weighted by Crippen LogP contribution is 2.26. The maximum absolute atomic E-state index is 12.8. The van der Waals surface area contributed by atoms with Crippen molar-refractivity contribution in [3.63, 3.8) is 0 Å². The van der Waals surface area contributed by atoms with Crippen molar-refractivity contribution in [2.24, 2.45) is 10.6 Å². The average Bonchev–Trinajstić information content (AvgIpc) is 3.23. The van der Waals surface area contributed by atoms with Crippen LogP contribution in [0, 0.1) is 5.41 Å². The minimum Gasteiger partial charge on any atom is -0.306 e. The summed E-state index contributed by atoms with van der Waals surface area (Å²) in [5.41, 5.74) is 0.237. The van der Waals surface area contributed by atoms with Gasteiger partial charge in [0.1, 0.15) is 5.01 Å². The summed E-state index contributed by atoms with van der Waals surface area (Å²) in [4.78, 5) is 36.1. The van der Waals surface area contributed by atoms with Crippen LogP contribution >= 0.6 is 11.3 Å². The van der Waals surface area contributed by atoms with Crippen LogP contribution in [-0.4, -0.2) is 40.6 Å². The highest BCUT2D eigenvalue weighted by Gasteiger charge is 2.31. The first-order valence-corrected chi connectivity index (χ1v) is 9.12. The van der Waals surface area contributed by atoms with E-state index < -0.39 is 11.5 Å². The van der Waals surface area contributed by atoms with Gasteiger partial charge in [0.25, 0.3) is 0 Å². The van der Waals surface area contributed by atoms with Crippen LogP contribution in [0.5, 0.6) is 0 Å². The molecule has 0 unspecified atom stereocenters. The Morgan fingerprint density at radius 3 is 2.52 bits per heavy atom. The molecule has 25 heavy (non-hydrogen) atoms. The van der Waals surface area contributed by atoms with Crippen molar-refractivity contribution < 1.29 is 14.4 Å². The number of Topliss-reactive ketones (excluding diaryl/α,β-unsaturated/α-hetero) is 1. The number of amides is 1. The second-order valence-corrected chi connectivity index (χ2v) is 8.09. The lowest BCUT2D eigenvalue weighted by Gasteiger charge is -2.17. The van der Waals surface area contributed by atoms with Crippen molar-refractivity contribution in [1.29, 1.82) is 0 Å². The molecule has 0 N–H and O–H groups in total. The Balaban J connectivity index is 1.93. The summed E-state index contributed by atoms with van der Waals surface area (Å²) in [6.45, 7) is 6.75. The minimum absolute atomic E-state index is 0.0984. The zero-order valence-electron chi connectivity index (χ0n) is 14.6. The Bertz CT molecular complexity index is 796. The number of ketones is 1. The van der Waals surface area contributed by atoms with Gasteiger partial charge in [0.2, 0.25) is 0 Å². The standard InChI is InChI=1S/C18H21N3O3S/c1-18(2,3)15(22)14(20-24-17(23)21-10-6-7-11-21)16-19-12-8-4-5-9-13(12)25-16/h4-5,8-9H,6-7,10-11H2,1-3H3/b20-14+. The summed E-state index contributed by atoms with van der Waals surface area (Å²) >= 11 is 1.37. The molecule has 0 spiro atoms. The monoisotopic (exact) mass is 359 g/mol. The molecule has 0 atom stereocenters. The fourth-order valence-corrected chi connectivity index (χ4v) is 3.49. The van der Waals surface area contributed by atoms with E-state index in [0.29, 0.717) is 18.1 Å². The van der Waals surface area contributed by atoms with Gasteiger partial charge in [-0.15, -0.1) is 11.3 Å². The number of carbonyl (C=O) groups is 2. The zero-order chi connectivity index (χ0) is 18.0. The van der Waals surface area contributed by atoms with E-state index in [9.17, 15) is 9.59 Å². The maximum Gasteiger partial charge on any atom is 0.435 e. The molecule has 0 aliphatic carbocycles. The number of benzene rings is 1. The van der Waals surface area contributed by atoms with Crippen molar-refractivity contribution in [2.75, 3.05) is 13.1 Å². The molecule has 6 nitrogen and oxygen atoms in total. The van der Waals surface area contributed by atoms with E-state index in [-0.39, 0.29) is 11.5 Å². The first kappa shape index (κ1) is 17.5. The van der Waals surface area contributed by atoms with Crippen molar-refractivity contribution >= 4 is 39.1 Å². The smallest absolute Gasteiger partial charge is 0.306 e. The lowest BCUT2D eigenvalue weighted by Crippen LogP contribution is -2.31. The number of aromatic nitrogens is 1. The van der Waals surface area contributed by atoms with Gasteiger partial charge >= 0.3 is 6.09 Å². The highest BCUT2D eigenvalue weighted by molar-refractivity contribution is 7.21. The number of nitrogens with zero attached hydrogens (tertiary/aromatic N) is 3. The zero-order valence-corrected chi connectivity index (χ0v) is 15.4. The summed E-state index contributed by atoms with van der Waals surface area (Å²) in [7, 11) is 0. The largest absolute Gasteiger partial charge is 0.435 e. The molecule has 3 rings (SSSR count). The molecule has 0 saturated carbocycles. The van der Waals surface area contributed by atoms with E-state index in [1.54, 1.807) is 25.7 Å². The third-order valence-corrected chi connectivity index (χ3v) is 5.02. The molecule has 1 aliphatic heterocycles. The quantitative estimate of drug-likeness (QED) is 0.474. The van der Waals surface area contributed by atoms with Crippen LogP contribution < -0.4 is 0 Å². The van der Waals surface area contributed by atoms with Gasteiger partial charge in [-0.25, -0.2) is 9.78 Å². The van der Waals surface area contributed by atoms with Crippen LogP contribution in [0.15, 0.2) is 29.4 Å². The molecule has 1 aliphatic rings. The molecule has 1 amide bonds. The van der Waals surface area contributed by atoms with E-state index in [2.05, 4.69) is 10.1 Å². The minimum atomic E-state index is -0.656. The van der Waals surface area contributed by atoms with Crippen molar-refractivity contribution in [3.05, 3.63) is 29.3 Å². The Kier molecular flexibility index (Phi) is 4.85. The van der Waals surface area contributed by atoms with E-state index in [4.69, 9.17) is 4.84 Å². The van der Waals surface area contributed by atoms with Crippen molar-refractivity contribution in [3.8, 4) is 0 Å². The van der Waals surface area contributed by atoms with Crippen molar-refractivity contribution in [2.45, 2.75) is 33.6 Å². The molecule has 7 heteroatoms. The normalized spacial score (nSPS) is 15.6.